The third-order valence-electron chi connectivity index (χ3n) is 2.90. The van der Waals surface area contributed by atoms with E-state index in [0.29, 0.717) is 25.9 Å². The summed E-state index contributed by atoms with van der Waals surface area (Å²) in [7, 11) is 0. The molecule has 1 aromatic carbocycles. The summed E-state index contributed by atoms with van der Waals surface area (Å²) in [6, 6.07) is 6.81. The Morgan fingerprint density at radius 1 is 1.37 bits per heavy atom. The topological polar surface area (TPSA) is 92.4 Å². The van der Waals surface area contributed by atoms with Crippen LogP contribution in [0.25, 0.3) is 0 Å². The molecule has 0 aliphatic heterocycles. The predicted molar refractivity (Wildman–Crippen MR) is 73.0 cm³/mol. The van der Waals surface area contributed by atoms with Gasteiger partial charge in [-0.1, -0.05) is 25.1 Å². The molecule has 0 aliphatic carbocycles. The van der Waals surface area contributed by atoms with Crippen LogP contribution in [-0.2, 0) is 11.2 Å². The van der Waals surface area contributed by atoms with Gasteiger partial charge in [0.2, 0.25) is 5.91 Å². The summed E-state index contributed by atoms with van der Waals surface area (Å²) in [6.45, 7) is 2.83. The lowest BCUT2D eigenvalue weighted by Crippen LogP contribution is -2.29. The molecule has 0 bridgehead atoms. The van der Waals surface area contributed by atoms with Crippen LogP contribution in [0.1, 0.15) is 29.3 Å². The van der Waals surface area contributed by atoms with Crippen molar-refractivity contribution in [1.82, 2.24) is 5.32 Å². The lowest BCUT2D eigenvalue weighted by molar-refractivity contribution is -0.121. The van der Waals surface area contributed by atoms with Gasteiger partial charge in [0.05, 0.1) is 5.56 Å². The third-order valence-corrected chi connectivity index (χ3v) is 2.90. The van der Waals surface area contributed by atoms with Crippen molar-refractivity contribution in [3.05, 3.63) is 35.4 Å². The summed E-state index contributed by atoms with van der Waals surface area (Å²) in [5.41, 5.74) is 6.46. The molecule has 4 N–H and O–H groups in total. The van der Waals surface area contributed by atoms with Crippen molar-refractivity contribution in [2.75, 3.05) is 13.1 Å². The Kier molecular flexibility index (Phi) is 6.02. The third kappa shape index (κ3) is 5.09. The first-order valence-electron chi connectivity index (χ1n) is 6.32. The summed E-state index contributed by atoms with van der Waals surface area (Å²) in [4.78, 5) is 22.5. The number of carbonyl (C=O) groups is 2. The van der Waals surface area contributed by atoms with Crippen molar-refractivity contribution in [1.29, 1.82) is 0 Å². The maximum Gasteiger partial charge on any atom is 0.335 e. The van der Waals surface area contributed by atoms with Gasteiger partial charge in [0.15, 0.2) is 0 Å². The zero-order valence-electron chi connectivity index (χ0n) is 11.1. The van der Waals surface area contributed by atoms with E-state index in [1.807, 2.05) is 6.92 Å². The molecule has 0 spiro atoms. The van der Waals surface area contributed by atoms with Crippen LogP contribution in [-0.4, -0.2) is 30.1 Å². The number of nitrogens with two attached hydrogens (primary N) is 1. The van der Waals surface area contributed by atoms with E-state index in [2.05, 4.69) is 5.32 Å². The van der Waals surface area contributed by atoms with Crippen molar-refractivity contribution >= 4 is 11.9 Å². The molecule has 0 radical (unpaired) electrons. The molecular weight excluding hydrogens is 244 g/mol. The number of carboxylic acid groups (broad SMARTS) is 1. The number of hydrogen-bond acceptors (Lipinski definition) is 3. The average molecular weight is 264 g/mol. The van der Waals surface area contributed by atoms with Crippen molar-refractivity contribution in [2.45, 2.75) is 19.8 Å². The summed E-state index contributed by atoms with van der Waals surface area (Å²) >= 11 is 0. The number of benzene rings is 1. The van der Waals surface area contributed by atoms with Crippen LogP contribution in [0.5, 0.6) is 0 Å². The molecule has 19 heavy (non-hydrogen) atoms. The van der Waals surface area contributed by atoms with Crippen LogP contribution >= 0.6 is 0 Å². The molecule has 1 aromatic rings. The second kappa shape index (κ2) is 7.53. The van der Waals surface area contributed by atoms with E-state index in [4.69, 9.17) is 10.8 Å². The smallest absolute Gasteiger partial charge is 0.335 e. The molecule has 0 fully saturated rings. The molecule has 0 saturated heterocycles. The van der Waals surface area contributed by atoms with Crippen molar-refractivity contribution in [3.63, 3.8) is 0 Å². The van der Waals surface area contributed by atoms with Gasteiger partial charge in [-0.2, -0.15) is 0 Å². The fraction of sp³-hybridized carbons (Fsp3) is 0.429. The van der Waals surface area contributed by atoms with Gasteiger partial charge in [0, 0.05) is 13.0 Å². The summed E-state index contributed by atoms with van der Waals surface area (Å²) in [5.74, 6) is -0.837. The van der Waals surface area contributed by atoms with Gasteiger partial charge in [-0.15, -0.1) is 0 Å². The fourth-order valence-electron chi connectivity index (χ4n) is 1.76. The Morgan fingerprint density at radius 2 is 2.05 bits per heavy atom. The molecule has 5 heteroatoms. The molecule has 104 valence electrons. The number of aromatic carboxylic acids is 1. The second-order valence-electron chi connectivity index (χ2n) is 4.61. The Morgan fingerprint density at radius 3 is 2.68 bits per heavy atom. The van der Waals surface area contributed by atoms with Gasteiger partial charge < -0.3 is 16.2 Å². The minimum atomic E-state index is -0.946. The van der Waals surface area contributed by atoms with Crippen LogP contribution in [0.3, 0.4) is 0 Å². The highest BCUT2D eigenvalue weighted by Gasteiger charge is 2.10. The summed E-state index contributed by atoms with van der Waals surface area (Å²) in [5, 5.41) is 11.8. The normalized spacial score (nSPS) is 11.9. The number of amides is 1. The van der Waals surface area contributed by atoms with E-state index in [1.54, 1.807) is 24.3 Å². The predicted octanol–water partition coefficient (Wildman–Crippen LogP) is 1.03. The van der Waals surface area contributed by atoms with Gasteiger partial charge in [-0.05, 0) is 30.5 Å². The van der Waals surface area contributed by atoms with E-state index in [9.17, 15) is 9.59 Å². The Balaban J connectivity index is 2.45. The highest BCUT2D eigenvalue weighted by Crippen LogP contribution is 2.09. The van der Waals surface area contributed by atoms with Crippen molar-refractivity contribution < 1.29 is 14.7 Å². The molecule has 0 aliphatic rings. The molecule has 1 atom stereocenters. The van der Waals surface area contributed by atoms with Gasteiger partial charge in [0.1, 0.15) is 0 Å². The zero-order chi connectivity index (χ0) is 14.3. The summed E-state index contributed by atoms with van der Waals surface area (Å²) in [6.07, 6.45) is 0.905. The number of hydrogen-bond donors (Lipinski definition) is 3. The monoisotopic (exact) mass is 264 g/mol. The molecule has 1 amide bonds. The van der Waals surface area contributed by atoms with E-state index >= 15 is 0 Å². The second-order valence-corrected chi connectivity index (χ2v) is 4.61. The SMILES string of the molecule is CC(CN)CC(=O)NCCc1ccccc1C(=O)O. The van der Waals surface area contributed by atoms with E-state index in [0.717, 1.165) is 5.56 Å². The van der Waals surface area contributed by atoms with E-state index < -0.39 is 5.97 Å². The van der Waals surface area contributed by atoms with Gasteiger partial charge in [0.25, 0.3) is 0 Å². The molecular formula is C14H20N2O3. The molecule has 0 heterocycles. The average Bonchev–Trinajstić information content (AvgIpc) is 2.38. The summed E-state index contributed by atoms with van der Waals surface area (Å²) < 4.78 is 0. The van der Waals surface area contributed by atoms with Crippen molar-refractivity contribution in [2.24, 2.45) is 11.7 Å². The number of nitrogens with one attached hydrogen (secondary N) is 1. The molecule has 1 rings (SSSR count). The quantitative estimate of drug-likeness (QED) is 0.685. The van der Waals surface area contributed by atoms with Crippen LogP contribution < -0.4 is 11.1 Å². The Labute approximate surface area is 112 Å². The number of carbonyl (C=O) groups excluding carboxylic acids is 1. The van der Waals surface area contributed by atoms with Crippen LogP contribution in [0.2, 0.25) is 0 Å². The minimum Gasteiger partial charge on any atom is -0.478 e. The lowest BCUT2D eigenvalue weighted by Gasteiger charge is -2.10. The molecule has 5 nitrogen and oxygen atoms in total. The number of rotatable bonds is 7. The molecule has 0 aromatic heterocycles. The zero-order valence-corrected chi connectivity index (χ0v) is 11.1. The van der Waals surface area contributed by atoms with Gasteiger partial charge in [-0.25, -0.2) is 4.79 Å². The largest absolute Gasteiger partial charge is 0.478 e. The van der Waals surface area contributed by atoms with Gasteiger partial charge in [-0.3, -0.25) is 4.79 Å². The van der Waals surface area contributed by atoms with E-state index in [-0.39, 0.29) is 17.4 Å². The first-order chi connectivity index (χ1) is 9.04. The highest BCUT2D eigenvalue weighted by molar-refractivity contribution is 5.89. The standard InChI is InChI=1S/C14H20N2O3/c1-10(9-15)8-13(17)16-7-6-11-4-2-3-5-12(11)14(18)19/h2-5,10H,6-9,15H2,1H3,(H,16,17)(H,18,19). The maximum absolute atomic E-state index is 11.5. The highest BCUT2D eigenvalue weighted by atomic mass is 16.4. The minimum absolute atomic E-state index is 0.0502. The Hall–Kier alpha value is -1.88. The lowest BCUT2D eigenvalue weighted by atomic mass is 10.0. The van der Waals surface area contributed by atoms with Crippen LogP contribution in [0, 0.1) is 5.92 Å². The van der Waals surface area contributed by atoms with Crippen LogP contribution in [0.4, 0.5) is 0 Å². The van der Waals surface area contributed by atoms with E-state index in [1.165, 1.54) is 0 Å². The molecule has 0 saturated carbocycles. The van der Waals surface area contributed by atoms with Crippen molar-refractivity contribution in [3.8, 4) is 0 Å². The maximum atomic E-state index is 11.5. The molecule has 1 unspecified atom stereocenters. The van der Waals surface area contributed by atoms with Gasteiger partial charge >= 0.3 is 5.97 Å². The first-order valence-corrected chi connectivity index (χ1v) is 6.32. The number of carboxylic acids is 1. The van der Waals surface area contributed by atoms with Crippen LogP contribution in [0.15, 0.2) is 24.3 Å². The first kappa shape index (κ1) is 15.2. The Bertz CT molecular complexity index is 446. The fourth-order valence-corrected chi connectivity index (χ4v) is 1.76.